The Morgan fingerprint density at radius 2 is 1.87 bits per heavy atom. The smallest absolute Gasteiger partial charge is 0.227 e. The SMILES string of the molecule is C=C/C(=C\CCC)C(CC(C)N1CCC(Cc2nc(-c3ccc(S(C)=O)cc3)no2)CC1)c1ccccc1. The Morgan fingerprint density at radius 3 is 2.50 bits per heavy atom. The second-order valence-electron chi connectivity index (χ2n) is 10.4. The zero-order valence-corrected chi connectivity index (χ0v) is 23.8. The number of benzene rings is 2. The number of unbranched alkanes of at least 4 members (excludes halogenated alkanes) is 1. The van der Waals surface area contributed by atoms with Crippen LogP contribution in [0.2, 0.25) is 0 Å². The summed E-state index contributed by atoms with van der Waals surface area (Å²) in [5.41, 5.74) is 3.61. The predicted octanol–water partition coefficient (Wildman–Crippen LogP) is 7.20. The highest BCUT2D eigenvalue weighted by molar-refractivity contribution is 7.84. The zero-order valence-electron chi connectivity index (χ0n) is 23.0. The maximum atomic E-state index is 11.6. The van der Waals surface area contributed by atoms with Crippen molar-refractivity contribution < 1.29 is 8.73 Å². The van der Waals surface area contributed by atoms with Crippen LogP contribution in [0.5, 0.6) is 0 Å². The first-order chi connectivity index (χ1) is 18.5. The van der Waals surface area contributed by atoms with Gasteiger partial charge in [0.05, 0.1) is 0 Å². The van der Waals surface area contributed by atoms with Crippen LogP contribution in [-0.4, -0.2) is 44.6 Å². The summed E-state index contributed by atoms with van der Waals surface area (Å²) in [7, 11) is -0.993. The molecule has 0 saturated carbocycles. The summed E-state index contributed by atoms with van der Waals surface area (Å²) < 4.78 is 17.2. The average Bonchev–Trinajstić information content (AvgIpc) is 3.42. The van der Waals surface area contributed by atoms with Gasteiger partial charge in [-0.3, -0.25) is 4.21 Å². The van der Waals surface area contributed by atoms with Crippen molar-refractivity contribution in [2.24, 2.45) is 5.92 Å². The highest BCUT2D eigenvalue weighted by Crippen LogP contribution is 2.33. The molecule has 1 aromatic heterocycles. The fraction of sp³-hybridized carbons (Fsp3) is 0.438. The quantitative estimate of drug-likeness (QED) is 0.231. The van der Waals surface area contributed by atoms with E-state index in [2.05, 4.69) is 78.0 Å². The predicted molar refractivity (Wildman–Crippen MR) is 157 cm³/mol. The summed E-state index contributed by atoms with van der Waals surface area (Å²) >= 11 is 0. The normalized spacial score (nSPS) is 17.7. The van der Waals surface area contributed by atoms with Gasteiger partial charge in [-0.05, 0) is 87.0 Å². The molecular weight excluding hydrogens is 490 g/mol. The van der Waals surface area contributed by atoms with Crippen molar-refractivity contribution in [2.45, 2.75) is 69.2 Å². The van der Waals surface area contributed by atoms with Crippen LogP contribution in [0.25, 0.3) is 11.4 Å². The van der Waals surface area contributed by atoms with Crippen molar-refractivity contribution in [2.75, 3.05) is 19.3 Å². The summed E-state index contributed by atoms with van der Waals surface area (Å²) in [4.78, 5) is 8.09. The van der Waals surface area contributed by atoms with Crippen LogP contribution in [0.3, 0.4) is 0 Å². The molecule has 1 aliphatic rings. The van der Waals surface area contributed by atoms with E-state index in [1.807, 2.05) is 24.3 Å². The molecule has 1 saturated heterocycles. The Hall–Kier alpha value is -2.83. The van der Waals surface area contributed by atoms with E-state index in [9.17, 15) is 4.21 Å². The van der Waals surface area contributed by atoms with Crippen LogP contribution in [0.4, 0.5) is 0 Å². The van der Waals surface area contributed by atoms with Crippen LogP contribution in [-0.2, 0) is 17.2 Å². The van der Waals surface area contributed by atoms with Gasteiger partial charge in [-0.1, -0.05) is 67.6 Å². The molecule has 0 spiro atoms. The van der Waals surface area contributed by atoms with Crippen molar-refractivity contribution in [3.05, 3.63) is 90.4 Å². The Labute approximate surface area is 230 Å². The summed E-state index contributed by atoms with van der Waals surface area (Å²) in [5.74, 6) is 2.22. The first-order valence-corrected chi connectivity index (χ1v) is 15.4. The average molecular weight is 532 g/mol. The second kappa shape index (κ2) is 13.8. The number of hydrogen-bond acceptors (Lipinski definition) is 5. The molecule has 0 bridgehead atoms. The molecule has 2 aromatic carbocycles. The van der Waals surface area contributed by atoms with Gasteiger partial charge in [0.1, 0.15) is 0 Å². The molecule has 3 atom stereocenters. The standard InChI is InChI=1S/C32H41N3O2S/c1-5-7-11-26(6-2)30(27-12-9-8-10-13-27)22-24(3)35-20-18-25(19-21-35)23-31-33-32(34-37-31)28-14-16-29(17-15-28)38(4)36/h6,8-17,24-25,30H,2,5,7,18-23H2,1,3-4H3/b26-11+. The van der Waals surface area contributed by atoms with Crippen LogP contribution in [0.15, 0.2) is 88.3 Å². The number of piperidine rings is 1. The molecule has 3 aromatic rings. The van der Waals surface area contributed by atoms with Gasteiger partial charge >= 0.3 is 0 Å². The molecule has 0 radical (unpaired) electrons. The van der Waals surface area contributed by atoms with E-state index in [4.69, 9.17) is 4.52 Å². The van der Waals surface area contributed by atoms with Crippen LogP contribution in [0.1, 0.15) is 63.3 Å². The Kier molecular flexibility index (Phi) is 10.2. The summed E-state index contributed by atoms with van der Waals surface area (Å²) in [6.45, 7) is 10.9. The van der Waals surface area contributed by atoms with E-state index in [1.165, 1.54) is 11.1 Å². The maximum absolute atomic E-state index is 11.6. The zero-order chi connectivity index (χ0) is 26.9. The second-order valence-corrected chi connectivity index (χ2v) is 11.8. The number of nitrogens with zero attached hydrogens (tertiary/aromatic N) is 3. The third kappa shape index (κ3) is 7.39. The molecule has 0 amide bonds. The topological polar surface area (TPSA) is 59.2 Å². The van der Waals surface area contributed by atoms with Gasteiger partial charge in [0.15, 0.2) is 0 Å². The summed E-state index contributed by atoms with van der Waals surface area (Å²) in [6, 6.07) is 18.9. The molecule has 4 rings (SSSR count). The lowest BCUT2D eigenvalue weighted by Crippen LogP contribution is -2.41. The van der Waals surface area contributed by atoms with Crippen molar-refractivity contribution in [1.82, 2.24) is 15.0 Å². The van der Waals surface area contributed by atoms with Gasteiger partial charge in [-0.2, -0.15) is 4.98 Å². The van der Waals surface area contributed by atoms with E-state index in [0.717, 1.165) is 62.1 Å². The van der Waals surface area contributed by atoms with Gasteiger partial charge in [0.2, 0.25) is 11.7 Å². The summed E-state index contributed by atoms with van der Waals surface area (Å²) in [5, 5.41) is 4.19. The molecule has 0 aliphatic carbocycles. The Balaban J connectivity index is 1.33. The van der Waals surface area contributed by atoms with E-state index in [1.54, 1.807) is 6.26 Å². The van der Waals surface area contributed by atoms with Gasteiger partial charge in [0.25, 0.3) is 0 Å². The maximum Gasteiger partial charge on any atom is 0.227 e. The van der Waals surface area contributed by atoms with Crippen LogP contribution in [0, 0.1) is 5.92 Å². The van der Waals surface area contributed by atoms with Gasteiger partial charge in [-0.15, -0.1) is 0 Å². The highest BCUT2D eigenvalue weighted by atomic mass is 32.2. The first kappa shape index (κ1) is 28.2. The minimum Gasteiger partial charge on any atom is -0.339 e. The van der Waals surface area contributed by atoms with E-state index < -0.39 is 10.8 Å². The van der Waals surface area contributed by atoms with Crippen molar-refractivity contribution >= 4 is 10.8 Å². The van der Waals surface area contributed by atoms with E-state index >= 15 is 0 Å². The lowest BCUT2D eigenvalue weighted by atomic mass is 9.84. The van der Waals surface area contributed by atoms with Gasteiger partial charge in [-0.25, -0.2) is 0 Å². The largest absolute Gasteiger partial charge is 0.339 e. The third-order valence-corrected chi connectivity index (χ3v) is 8.67. The number of hydrogen-bond donors (Lipinski definition) is 0. The van der Waals surface area contributed by atoms with E-state index in [-0.39, 0.29) is 0 Å². The van der Waals surface area contributed by atoms with Crippen molar-refractivity contribution in [3.63, 3.8) is 0 Å². The summed E-state index contributed by atoms with van der Waals surface area (Å²) in [6.07, 6.45) is 12.5. The molecule has 202 valence electrons. The molecule has 5 nitrogen and oxygen atoms in total. The highest BCUT2D eigenvalue weighted by Gasteiger charge is 2.27. The van der Waals surface area contributed by atoms with Crippen LogP contribution >= 0.6 is 0 Å². The van der Waals surface area contributed by atoms with E-state index in [0.29, 0.717) is 29.6 Å². The number of aromatic nitrogens is 2. The van der Waals surface area contributed by atoms with Crippen molar-refractivity contribution in [1.29, 1.82) is 0 Å². The lowest BCUT2D eigenvalue weighted by Gasteiger charge is -2.37. The number of allylic oxidation sites excluding steroid dienone is 3. The number of likely N-dealkylation sites (tertiary alicyclic amines) is 1. The number of rotatable bonds is 12. The molecule has 6 heteroatoms. The van der Waals surface area contributed by atoms with Gasteiger partial charge in [0, 0.05) is 45.9 Å². The molecule has 0 N–H and O–H groups in total. The Morgan fingerprint density at radius 1 is 1.16 bits per heavy atom. The third-order valence-electron chi connectivity index (χ3n) is 7.73. The fourth-order valence-corrected chi connectivity index (χ4v) is 5.93. The molecule has 1 fully saturated rings. The minimum absolute atomic E-state index is 0.371. The lowest BCUT2D eigenvalue weighted by molar-refractivity contribution is 0.129. The first-order valence-electron chi connectivity index (χ1n) is 13.9. The molecule has 38 heavy (non-hydrogen) atoms. The molecule has 1 aliphatic heterocycles. The molecule has 2 heterocycles. The van der Waals surface area contributed by atoms with Crippen molar-refractivity contribution in [3.8, 4) is 11.4 Å². The molecular formula is C32H41N3O2S. The monoisotopic (exact) mass is 531 g/mol. The van der Waals surface area contributed by atoms with Gasteiger partial charge < -0.3 is 9.42 Å². The fourth-order valence-electron chi connectivity index (χ4n) is 5.41. The minimum atomic E-state index is -0.993. The Bertz CT molecular complexity index is 1210. The molecule has 3 unspecified atom stereocenters. The van der Waals surface area contributed by atoms with Crippen LogP contribution < -0.4 is 0 Å².